The summed E-state index contributed by atoms with van der Waals surface area (Å²) in [5, 5.41) is 8.45. The number of imide groups is 1. The van der Waals surface area contributed by atoms with Gasteiger partial charge in [-0.15, -0.1) is 0 Å². The topological polar surface area (TPSA) is 90.5 Å². The molecule has 20 heavy (non-hydrogen) atoms. The van der Waals surface area contributed by atoms with E-state index in [9.17, 15) is 14.4 Å². The van der Waals surface area contributed by atoms with Gasteiger partial charge < -0.3 is 16.0 Å². The van der Waals surface area contributed by atoms with Crippen molar-refractivity contribution in [3.05, 3.63) is 0 Å². The molecule has 2 rings (SSSR count). The lowest BCUT2D eigenvalue weighted by Gasteiger charge is -2.19. The van der Waals surface area contributed by atoms with E-state index in [4.69, 9.17) is 0 Å². The number of hydrogen-bond acceptors (Lipinski definition) is 4. The number of nitrogens with one attached hydrogen (secondary N) is 3. The van der Waals surface area contributed by atoms with Crippen LogP contribution < -0.4 is 16.0 Å². The molecule has 1 saturated carbocycles. The fourth-order valence-corrected chi connectivity index (χ4v) is 2.83. The van der Waals surface area contributed by atoms with Gasteiger partial charge in [0.15, 0.2) is 0 Å². The van der Waals surface area contributed by atoms with E-state index >= 15 is 0 Å². The summed E-state index contributed by atoms with van der Waals surface area (Å²) in [6.07, 6.45) is 4.05. The molecule has 1 aliphatic carbocycles. The predicted molar refractivity (Wildman–Crippen MR) is 73.0 cm³/mol. The smallest absolute Gasteiger partial charge is 0.325 e. The van der Waals surface area contributed by atoms with Gasteiger partial charge in [0.2, 0.25) is 5.91 Å². The highest BCUT2D eigenvalue weighted by Gasteiger charge is 2.52. The van der Waals surface area contributed by atoms with Crippen LogP contribution in [0, 0.1) is 0 Å². The highest BCUT2D eigenvalue weighted by Crippen LogP contribution is 2.34. The Hall–Kier alpha value is -1.63. The summed E-state index contributed by atoms with van der Waals surface area (Å²) in [5.74, 6) is -0.537. The monoisotopic (exact) mass is 282 g/mol. The zero-order valence-electron chi connectivity index (χ0n) is 11.8. The summed E-state index contributed by atoms with van der Waals surface area (Å²) in [5.41, 5.74) is -0.733. The Kier molecular flexibility index (Phi) is 4.59. The molecule has 0 unspecified atom stereocenters. The third kappa shape index (κ3) is 2.92. The van der Waals surface area contributed by atoms with Crippen molar-refractivity contribution in [1.29, 1.82) is 0 Å². The maximum Gasteiger partial charge on any atom is 0.325 e. The fraction of sp³-hybridized carbons (Fsp3) is 0.769. The first-order valence-corrected chi connectivity index (χ1v) is 7.14. The molecule has 0 radical (unpaired) electrons. The molecule has 2 fully saturated rings. The van der Waals surface area contributed by atoms with Crippen molar-refractivity contribution in [2.24, 2.45) is 0 Å². The summed E-state index contributed by atoms with van der Waals surface area (Å²) >= 11 is 0. The van der Waals surface area contributed by atoms with Crippen molar-refractivity contribution in [3.63, 3.8) is 0 Å². The lowest BCUT2D eigenvalue weighted by Crippen LogP contribution is -2.45. The SMILES string of the molecule is CNCCCNC(=O)CN1C(=O)NC2(CCCC2)C1=O. The number of hydrogen-bond donors (Lipinski definition) is 3. The van der Waals surface area contributed by atoms with Crippen LogP contribution in [0.3, 0.4) is 0 Å². The van der Waals surface area contributed by atoms with Crippen LogP contribution in [0.15, 0.2) is 0 Å². The van der Waals surface area contributed by atoms with Gasteiger partial charge in [0.05, 0.1) is 0 Å². The Morgan fingerprint density at radius 1 is 1.30 bits per heavy atom. The van der Waals surface area contributed by atoms with Gasteiger partial charge in [-0.1, -0.05) is 12.8 Å². The van der Waals surface area contributed by atoms with Crippen molar-refractivity contribution < 1.29 is 14.4 Å². The minimum absolute atomic E-state index is 0.189. The Balaban J connectivity index is 1.85. The van der Waals surface area contributed by atoms with Gasteiger partial charge in [0.25, 0.3) is 5.91 Å². The van der Waals surface area contributed by atoms with Crippen molar-refractivity contribution in [3.8, 4) is 0 Å². The first-order valence-electron chi connectivity index (χ1n) is 7.14. The molecule has 4 amide bonds. The van der Waals surface area contributed by atoms with Gasteiger partial charge in [-0.2, -0.15) is 0 Å². The van der Waals surface area contributed by atoms with Crippen molar-refractivity contribution in [1.82, 2.24) is 20.9 Å². The molecule has 1 heterocycles. The minimum atomic E-state index is -0.733. The molecule has 1 aliphatic heterocycles. The highest BCUT2D eigenvalue weighted by atomic mass is 16.2. The third-order valence-corrected chi connectivity index (χ3v) is 3.93. The Morgan fingerprint density at radius 2 is 2.00 bits per heavy atom. The van der Waals surface area contributed by atoms with Crippen LogP contribution in [0.25, 0.3) is 0 Å². The largest absolute Gasteiger partial charge is 0.354 e. The molecule has 1 spiro atoms. The Labute approximate surface area is 118 Å². The summed E-state index contributed by atoms with van der Waals surface area (Å²) in [4.78, 5) is 37.0. The number of carbonyl (C=O) groups excluding carboxylic acids is 3. The van der Waals surface area contributed by atoms with Crippen LogP contribution >= 0.6 is 0 Å². The standard InChI is InChI=1S/C13H22N4O3/c1-14-7-4-8-15-10(18)9-17-11(19)13(16-12(17)20)5-2-3-6-13/h14H,2-9H2,1H3,(H,15,18)(H,16,20). The fourth-order valence-electron chi connectivity index (χ4n) is 2.83. The third-order valence-electron chi connectivity index (χ3n) is 3.93. The number of carbonyl (C=O) groups is 3. The average molecular weight is 282 g/mol. The van der Waals surface area contributed by atoms with Gasteiger partial charge in [-0.05, 0) is 32.9 Å². The zero-order chi connectivity index (χ0) is 14.6. The zero-order valence-corrected chi connectivity index (χ0v) is 11.8. The molecule has 7 nitrogen and oxygen atoms in total. The van der Waals surface area contributed by atoms with E-state index in [1.54, 1.807) is 0 Å². The number of urea groups is 1. The van der Waals surface area contributed by atoms with E-state index < -0.39 is 11.6 Å². The summed E-state index contributed by atoms with van der Waals surface area (Å²) in [7, 11) is 1.84. The molecule has 0 atom stereocenters. The van der Waals surface area contributed by atoms with Crippen LogP contribution in [-0.2, 0) is 9.59 Å². The van der Waals surface area contributed by atoms with Crippen molar-refractivity contribution >= 4 is 17.8 Å². The van der Waals surface area contributed by atoms with Crippen LogP contribution in [0.2, 0.25) is 0 Å². The number of amides is 4. The van der Waals surface area contributed by atoms with Crippen LogP contribution in [-0.4, -0.2) is 55.0 Å². The van der Waals surface area contributed by atoms with E-state index in [1.807, 2.05) is 7.05 Å². The summed E-state index contributed by atoms with van der Waals surface area (Å²) in [6.45, 7) is 1.16. The molecule has 0 aromatic rings. The second-order valence-electron chi connectivity index (χ2n) is 5.42. The Bertz CT molecular complexity index is 404. The summed E-state index contributed by atoms with van der Waals surface area (Å²) in [6, 6.07) is -0.442. The molecule has 0 aromatic carbocycles. The van der Waals surface area contributed by atoms with Gasteiger partial charge in [0, 0.05) is 6.54 Å². The van der Waals surface area contributed by atoms with Gasteiger partial charge in [0.1, 0.15) is 12.1 Å². The van der Waals surface area contributed by atoms with E-state index in [1.165, 1.54) is 0 Å². The van der Waals surface area contributed by atoms with E-state index in [2.05, 4.69) is 16.0 Å². The first-order chi connectivity index (χ1) is 9.59. The molecule has 1 saturated heterocycles. The van der Waals surface area contributed by atoms with Crippen LogP contribution in [0.5, 0.6) is 0 Å². The van der Waals surface area contributed by atoms with Crippen LogP contribution in [0.1, 0.15) is 32.1 Å². The molecule has 112 valence electrons. The normalized spacial score (nSPS) is 20.6. The van der Waals surface area contributed by atoms with E-state index in [-0.39, 0.29) is 18.4 Å². The number of nitrogens with zero attached hydrogens (tertiary/aromatic N) is 1. The molecule has 0 aromatic heterocycles. The lowest BCUT2D eigenvalue weighted by molar-refractivity contribution is -0.134. The van der Waals surface area contributed by atoms with Crippen LogP contribution in [0.4, 0.5) is 4.79 Å². The average Bonchev–Trinajstić information content (AvgIpc) is 2.97. The maximum absolute atomic E-state index is 12.3. The molecular formula is C13H22N4O3. The van der Waals surface area contributed by atoms with Gasteiger partial charge >= 0.3 is 6.03 Å². The number of rotatable bonds is 6. The quantitative estimate of drug-likeness (QED) is 0.456. The van der Waals surface area contributed by atoms with E-state index in [0.29, 0.717) is 19.4 Å². The van der Waals surface area contributed by atoms with Crippen molar-refractivity contribution in [2.45, 2.75) is 37.6 Å². The second-order valence-corrected chi connectivity index (χ2v) is 5.42. The van der Waals surface area contributed by atoms with E-state index in [0.717, 1.165) is 30.7 Å². The molecule has 2 aliphatic rings. The highest BCUT2D eigenvalue weighted by molar-refractivity contribution is 6.09. The predicted octanol–water partition coefficient (Wildman–Crippen LogP) is -0.423. The molecule has 0 bridgehead atoms. The Morgan fingerprint density at radius 3 is 2.65 bits per heavy atom. The van der Waals surface area contributed by atoms with Crippen molar-refractivity contribution in [2.75, 3.05) is 26.7 Å². The molecule has 3 N–H and O–H groups in total. The summed E-state index contributed by atoms with van der Waals surface area (Å²) < 4.78 is 0. The molecule has 7 heteroatoms. The second kappa shape index (κ2) is 6.21. The van der Waals surface area contributed by atoms with Gasteiger partial charge in [-0.3, -0.25) is 14.5 Å². The minimum Gasteiger partial charge on any atom is -0.354 e. The van der Waals surface area contributed by atoms with Gasteiger partial charge in [-0.25, -0.2) is 4.79 Å². The lowest BCUT2D eigenvalue weighted by atomic mass is 9.98. The maximum atomic E-state index is 12.3. The molecular weight excluding hydrogens is 260 g/mol. The first kappa shape index (κ1) is 14.8.